The van der Waals surface area contributed by atoms with Gasteiger partial charge >= 0.3 is 0 Å². The number of ether oxygens (including phenoxy) is 1. The van der Waals surface area contributed by atoms with Crippen molar-refractivity contribution < 1.29 is 17.9 Å². The second-order valence-electron chi connectivity index (χ2n) is 6.77. The highest BCUT2D eigenvalue weighted by Gasteiger charge is 2.31. The summed E-state index contributed by atoms with van der Waals surface area (Å²) in [4.78, 5) is 16.4. The summed E-state index contributed by atoms with van der Waals surface area (Å²) in [5.41, 5.74) is 2.25. The van der Waals surface area contributed by atoms with Crippen molar-refractivity contribution in [3.8, 4) is 0 Å². The van der Waals surface area contributed by atoms with Gasteiger partial charge in [-0.25, -0.2) is 8.42 Å². The first-order chi connectivity index (χ1) is 11.8. The molecule has 0 spiro atoms. The van der Waals surface area contributed by atoms with Crippen molar-refractivity contribution in [1.82, 2.24) is 9.80 Å². The fraction of sp³-hybridized carbons (Fsp3) is 0.611. The monoisotopic (exact) mass is 368 g/mol. The van der Waals surface area contributed by atoms with Gasteiger partial charge in [0.05, 0.1) is 24.7 Å². The summed E-state index contributed by atoms with van der Waals surface area (Å²) in [5.74, 6) is 0.351. The third-order valence-corrected chi connectivity index (χ3v) is 6.38. The molecule has 1 heterocycles. The Kier molecular flexibility index (Phi) is 6.98. The average Bonchev–Trinajstić information content (AvgIpc) is 2.93. The number of hydrogen-bond acceptors (Lipinski definition) is 5. The Balaban J connectivity index is 1.98. The van der Waals surface area contributed by atoms with Gasteiger partial charge in [0.1, 0.15) is 0 Å². The highest BCUT2D eigenvalue weighted by molar-refractivity contribution is 7.91. The molecule has 0 saturated carbocycles. The topological polar surface area (TPSA) is 66.9 Å². The van der Waals surface area contributed by atoms with E-state index in [1.807, 2.05) is 43.1 Å². The van der Waals surface area contributed by atoms with E-state index in [2.05, 4.69) is 0 Å². The lowest BCUT2D eigenvalue weighted by Gasteiger charge is -2.28. The molecule has 6 nitrogen and oxygen atoms in total. The van der Waals surface area contributed by atoms with Gasteiger partial charge in [-0.05, 0) is 26.0 Å². The minimum Gasteiger partial charge on any atom is -0.383 e. The number of hydrogen-bond donors (Lipinski definition) is 0. The van der Waals surface area contributed by atoms with Gasteiger partial charge in [-0.2, -0.15) is 0 Å². The zero-order valence-corrected chi connectivity index (χ0v) is 16.1. The molecule has 1 amide bonds. The highest BCUT2D eigenvalue weighted by Crippen LogP contribution is 2.17. The molecule has 1 atom stereocenters. The van der Waals surface area contributed by atoms with Crippen LogP contribution in [0.5, 0.6) is 0 Å². The first-order valence-corrected chi connectivity index (χ1v) is 10.4. The summed E-state index contributed by atoms with van der Waals surface area (Å²) in [6.07, 6.45) is 0.599. The second kappa shape index (κ2) is 8.78. The van der Waals surface area contributed by atoms with Crippen LogP contribution in [0.3, 0.4) is 0 Å². The average molecular weight is 368 g/mol. The van der Waals surface area contributed by atoms with Crippen LogP contribution < -0.4 is 0 Å². The van der Waals surface area contributed by atoms with Gasteiger partial charge in [0, 0.05) is 26.2 Å². The number of benzene rings is 1. The molecule has 1 unspecified atom stereocenters. The Labute approximate surface area is 150 Å². The largest absolute Gasteiger partial charge is 0.383 e. The molecule has 0 N–H and O–H groups in total. The van der Waals surface area contributed by atoms with E-state index in [4.69, 9.17) is 4.74 Å². The van der Waals surface area contributed by atoms with E-state index in [0.717, 1.165) is 5.56 Å². The molecule has 140 valence electrons. The fourth-order valence-corrected chi connectivity index (χ4v) is 4.78. The molecule has 0 radical (unpaired) electrons. The lowest BCUT2D eigenvalue weighted by atomic mass is 10.1. The summed E-state index contributed by atoms with van der Waals surface area (Å²) >= 11 is 0. The van der Waals surface area contributed by atoms with E-state index in [1.165, 1.54) is 5.56 Å². The van der Waals surface area contributed by atoms with Gasteiger partial charge in [0.25, 0.3) is 0 Å². The maximum absolute atomic E-state index is 12.7. The smallest absolute Gasteiger partial charge is 0.237 e. The maximum atomic E-state index is 12.7. The van der Waals surface area contributed by atoms with Crippen LogP contribution in [-0.4, -0.2) is 75.5 Å². The van der Waals surface area contributed by atoms with Crippen molar-refractivity contribution in [3.63, 3.8) is 0 Å². The van der Waals surface area contributed by atoms with Crippen LogP contribution in [0.25, 0.3) is 0 Å². The van der Waals surface area contributed by atoms with Gasteiger partial charge in [-0.15, -0.1) is 0 Å². The summed E-state index contributed by atoms with van der Waals surface area (Å²) < 4.78 is 28.4. The summed E-state index contributed by atoms with van der Waals surface area (Å²) in [5, 5.41) is 0. The molecule has 1 aliphatic heterocycles. The second-order valence-corrected chi connectivity index (χ2v) is 8.99. The molecular formula is C18H28N2O4S. The van der Waals surface area contributed by atoms with E-state index in [9.17, 15) is 13.2 Å². The number of sulfone groups is 1. The molecule has 2 rings (SSSR count). The van der Waals surface area contributed by atoms with Crippen molar-refractivity contribution in [1.29, 1.82) is 0 Å². The molecule has 1 fully saturated rings. The Morgan fingerprint density at radius 1 is 1.28 bits per heavy atom. The number of methoxy groups -OCH3 is 1. The zero-order chi connectivity index (χ0) is 18.4. The number of aryl methyl sites for hydroxylation is 1. The van der Waals surface area contributed by atoms with Crippen LogP contribution in [0.15, 0.2) is 24.3 Å². The number of rotatable bonds is 8. The number of nitrogens with zero attached hydrogens (tertiary/aromatic N) is 2. The first kappa shape index (κ1) is 19.9. The Hall–Kier alpha value is -1.44. The van der Waals surface area contributed by atoms with Gasteiger partial charge in [0.15, 0.2) is 9.84 Å². The van der Waals surface area contributed by atoms with Crippen LogP contribution in [0.1, 0.15) is 17.5 Å². The molecule has 1 saturated heterocycles. The predicted octanol–water partition coefficient (Wildman–Crippen LogP) is 1.09. The Bertz CT molecular complexity index is 673. The fourth-order valence-electron chi connectivity index (χ4n) is 2.97. The third kappa shape index (κ3) is 6.09. The lowest BCUT2D eigenvalue weighted by Crippen LogP contribution is -2.44. The van der Waals surface area contributed by atoms with E-state index in [1.54, 1.807) is 12.0 Å². The van der Waals surface area contributed by atoms with E-state index in [-0.39, 0.29) is 30.0 Å². The molecule has 25 heavy (non-hydrogen) atoms. The molecule has 7 heteroatoms. The van der Waals surface area contributed by atoms with Crippen molar-refractivity contribution in [2.45, 2.75) is 25.9 Å². The van der Waals surface area contributed by atoms with Crippen LogP contribution in [0.2, 0.25) is 0 Å². The van der Waals surface area contributed by atoms with Gasteiger partial charge in [-0.3, -0.25) is 9.69 Å². The molecule has 0 aliphatic carbocycles. The number of amides is 1. The number of carbonyl (C=O) groups excluding carboxylic acids is 1. The predicted molar refractivity (Wildman–Crippen MR) is 98.2 cm³/mol. The maximum Gasteiger partial charge on any atom is 0.237 e. The van der Waals surface area contributed by atoms with Crippen LogP contribution in [-0.2, 0) is 25.9 Å². The molecule has 1 aromatic rings. The van der Waals surface area contributed by atoms with Gasteiger partial charge in [0.2, 0.25) is 5.91 Å². The first-order valence-electron chi connectivity index (χ1n) is 8.53. The van der Waals surface area contributed by atoms with E-state index >= 15 is 0 Å². The van der Waals surface area contributed by atoms with Gasteiger partial charge < -0.3 is 9.64 Å². The summed E-state index contributed by atoms with van der Waals surface area (Å²) in [6.45, 7) is 3.76. The molecule has 0 aromatic heterocycles. The Morgan fingerprint density at radius 2 is 1.96 bits per heavy atom. The van der Waals surface area contributed by atoms with Crippen LogP contribution >= 0.6 is 0 Å². The molecule has 0 bridgehead atoms. The minimum absolute atomic E-state index is 0.00979. The van der Waals surface area contributed by atoms with Crippen molar-refractivity contribution in [2.24, 2.45) is 0 Å². The standard InChI is InChI=1S/C18H28N2O4S/c1-15-4-6-16(7-5-15)12-20(9-10-24-3)18(21)13-19(2)17-8-11-25(22,23)14-17/h4-7,17H,8-14H2,1-3H3. The van der Waals surface area contributed by atoms with Crippen molar-refractivity contribution >= 4 is 15.7 Å². The number of likely N-dealkylation sites (N-methyl/N-ethyl adjacent to an activating group) is 1. The molecular weight excluding hydrogens is 340 g/mol. The Morgan fingerprint density at radius 3 is 2.52 bits per heavy atom. The lowest BCUT2D eigenvalue weighted by molar-refractivity contribution is -0.133. The van der Waals surface area contributed by atoms with Crippen molar-refractivity contribution in [3.05, 3.63) is 35.4 Å². The molecule has 1 aliphatic rings. The third-order valence-electron chi connectivity index (χ3n) is 4.63. The zero-order valence-electron chi connectivity index (χ0n) is 15.3. The minimum atomic E-state index is -2.95. The highest BCUT2D eigenvalue weighted by atomic mass is 32.2. The SMILES string of the molecule is COCCN(Cc1ccc(C)cc1)C(=O)CN(C)C1CCS(=O)(=O)C1. The van der Waals surface area contributed by atoms with Crippen LogP contribution in [0.4, 0.5) is 0 Å². The number of carbonyl (C=O) groups is 1. The molecule has 1 aromatic carbocycles. The van der Waals surface area contributed by atoms with E-state index in [0.29, 0.717) is 26.1 Å². The van der Waals surface area contributed by atoms with Crippen molar-refractivity contribution in [2.75, 3.05) is 45.4 Å². The normalized spacial score (nSPS) is 19.3. The van der Waals surface area contributed by atoms with Crippen LogP contribution in [0, 0.1) is 6.92 Å². The summed E-state index contributed by atoms with van der Waals surface area (Å²) in [6, 6.07) is 8.04. The van der Waals surface area contributed by atoms with E-state index < -0.39 is 9.84 Å². The quantitative estimate of drug-likeness (QED) is 0.687. The van der Waals surface area contributed by atoms with Gasteiger partial charge in [-0.1, -0.05) is 29.8 Å². The summed E-state index contributed by atoms with van der Waals surface area (Å²) in [7, 11) is 0.488.